The van der Waals surface area contributed by atoms with Crippen molar-refractivity contribution in [3.8, 4) is 0 Å². The van der Waals surface area contributed by atoms with Gasteiger partial charge in [0, 0.05) is 12.1 Å². The van der Waals surface area contributed by atoms with Crippen molar-refractivity contribution >= 4 is 0 Å². The molecule has 112 valence electrons. The second-order valence-electron chi connectivity index (χ2n) is 5.84. The highest BCUT2D eigenvalue weighted by molar-refractivity contribution is 4.84. The smallest absolute Gasteiger partial charge is 0.393 e. The SMILES string of the molecule is OC1CCC(NC2CCN(CC(F)(F)F)CC2)CC1. The molecule has 1 aliphatic heterocycles. The zero-order chi connectivity index (χ0) is 13.9. The number of halogens is 3. The predicted octanol–water partition coefficient (Wildman–Crippen LogP) is 1.91. The summed E-state index contributed by atoms with van der Waals surface area (Å²) in [6.07, 6.45) is 0.958. The number of aliphatic hydroxyl groups excluding tert-OH is 1. The summed E-state index contributed by atoms with van der Waals surface area (Å²) in [4.78, 5) is 1.49. The van der Waals surface area contributed by atoms with Crippen molar-refractivity contribution in [2.75, 3.05) is 19.6 Å². The lowest BCUT2D eigenvalue weighted by Crippen LogP contribution is -2.49. The Morgan fingerprint density at radius 2 is 1.47 bits per heavy atom. The van der Waals surface area contributed by atoms with Crippen LogP contribution in [-0.2, 0) is 0 Å². The van der Waals surface area contributed by atoms with E-state index in [9.17, 15) is 18.3 Å². The van der Waals surface area contributed by atoms with Gasteiger partial charge in [0.1, 0.15) is 0 Å². The molecule has 0 unspecified atom stereocenters. The highest BCUT2D eigenvalue weighted by atomic mass is 19.4. The van der Waals surface area contributed by atoms with Crippen LogP contribution in [0.15, 0.2) is 0 Å². The lowest BCUT2D eigenvalue weighted by Gasteiger charge is -2.36. The van der Waals surface area contributed by atoms with Crippen LogP contribution >= 0.6 is 0 Å². The fourth-order valence-corrected chi connectivity index (χ4v) is 3.09. The predicted molar refractivity (Wildman–Crippen MR) is 66.9 cm³/mol. The Morgan fingerprint density at radius 1 is 0.947 bits per heavy atom. The molecule has 2 rings (SSSR count). The summed E-state index contributed by atoms with van der Waals surface area (Å²) in [7, 11) is 0. The maximum Gasteiger partial charge on any atom is 0.401 e. The van der Waals surface area contributed by atoms with Crippen molar-refractivity contribution in [1.29, 1.82) is 0 Å². The summed E-state index contributed by atoms with van der Waals surface area (Å²) in [6, 6.07) is 0.771. The van der Waals surface area contributed by atoms with E-state index in [1.807, 2.05) is 0 Å². The largest absolute Gasteiger partial charge is 0.401 e. The van der Waals surface area contributed by atoms with E-state index in [1.165, 1.54) is 4.90 Å². The van der Waals surface area contributed by atoms with Crippen LogP contribution in [0.4, 0.5) is 13.2 Å². The fourth-order valence-electron chi connectivity index (χ4n) is 3.09. The van der Waals surface area contributed by atoms with Crippen LogP contribution in [-0.4, -0.2) is 54.0 Å². The minimum Gasteiger partial charge on any atom is -0.393 e. The molecule has 0 bridgehead atoms. The van der Waals surface area contributed by atoms with Gasteiger partial charge in [-0.25, -0.2) is 0 Å². The van der Waals surface area contributed by atoms with E-state index in [1.54, 1.807) is 0 Å². The van der Waals surface area contributed by atoms with Crippen molar-refractivity contribution in [3.63, 3.8) is 0 Å². The van der Waals surface area contributed by atoms with Crippen LogP contribution in [0.25, 0.3) is 0 Å². The second-order valence-corrected chi connectivity index (χ2v) is 5.84. The molecule has 2 fully saturated rings. The third-order valence-corrected chi connectivity index (χ3v) is 4.16. The maximum absolute atomic E-state index is 12.3. The molecule has 0 aromatic carbocycles. The summed E-state index contributed by atoms with van der Waals surface area (Å²) in [5.41, 5.74) is 0. The summed E-state index contributed by atoms with van der Waals surface area (Å²) < 4.78 is 36.8. The molecule has 2 aliphatic rings. The lowest BCUT2D eigenvalue weighted by atomic mass is 9.91. The van der Waals surface area contributed by atoms with E-state index in [0.29, 0.717) is 25.2 Å². The number of piperidine rings is 1. The van der Waals surface area contributed by atoms with Crippen molar-refractivity contribution in [1.82, 2.24) is 10.2 Å². The van der Waals surface area contributed by atoms with Crippen LogP contribution in [0, 0.1) is 0 Å². The summed E-state index contributed by atoms with van der Waals surface area (Å²) in [5, 5.41) is 13.0. The Labute approximate surface area is 112 Å². The first-order chi connectivity index (χ1) is 8.92. The fraction of sp³-hybridized carbons (Fsp3) is 1.00. The number of nitrogens with one attached hydrogen (secondary N) is 1. The van der Waals surface area contributed by atoms with Gasteiger partial charge < -0.3 is 10.4 Å². The Morgan fingerprint density at radius 3 is 2.00 bits per heavy atom. The summed E-state index contributed by atoms with van der Waals surface area (Å²) in [5.74, 6) is 0. The third kappa shape index (κ3) is 5.28. The van der Waals surface area contributed by atoms with Gasteiger partial charge in [0.2, 0.25) is 0 Å². The lowest BCUT2D eigenvalue weighted by molar-refractivity contribution is -0.148. The van der Waals surface area contributed by atoms with Crippen molar-refractivity contribution < 1.29 is 18.3 Å². The number of alkyl halides is 3. The Hall–Kier alpha value is -0.330. The van der Waals surface area contributed by atoms with Crippen molar-refractivity contribution in [2.24, 2.45) is 0 Å². The minimum absolute atomic E-state index is 0.160. The average Bonchev–Trinajstić information content (AvgIpc) is 2.33. The summed E-state index contributed by atoms with van der Waals surface area (Å²) in [6.45, 7) is 0.258. The van der Waals surface area contributed by atoms with Crippen LogP contribution in [0.3, 0.4) is 0 Å². The first-order valence-corrected chi connectivity index (χ1v) is 7.15. The highest BCUT2D eigenvalue weighted by Gasteiger charge is 2.33. The number of hydrogen-bond acceptors (Lipinski definition) is 3. The molecule has 0 aromatic rings. The molecule has 2 N–H and O–H groups in total. The van der Waals surface area contributed by atoms with Gasteiger partial charge >= 0.3 is 6.18 Å². The monoisotopic (exact) mass is 280 g/mol. The molecule has 1 saturated heterocycles. The van der Waals surface area contributed by atoms with Gasteiger partial charge in [0.15, 0.2) is 0 Å². The molecule has 0 spiro atoms. The van der Waals surface area contributed by atoms with Gasteiger partial charge in [-0.1, -0.05) is 0 Å². The molecule has 0 amide bonds. The second kappa shape index (κ2) is 6.41. The highest BCUT2D eigenvalue weighted by Crippen LogP contribution is 2.22. The van der Waals surface area contributed by atoms with E-state index in [2.05, 4.69) is 5.32 Å². The van der Waals surface area contributed by atoms with Gasteiger partial charge in [-0.15, -0.1) is 0 Å². The Balaban J connectivity index is 1.66. The van der Waals surface area contributed by atoms with Crippen molar-refractivity contribution in [2.45, 2.75) is 62.9 Å². The number of rotatable bonds is 3. The molecular formula is C13H23F3N2O. The molecule has 0 atom stereocenters. The van der Waals surface area contributed by atoms with E-state index in [4.69, 9.17) is 0 Å². The van der Waals surface area contributed by atoms with Gasteiger partial charge in [0.25, 0.3) is 0 Å². The Kier molecular flexibility index (Phi) is 5.09. The number of nitrogens with zero attached hydrogens (tertiary/aromatic N) is 1. The maximum atomic E-state index is 12.3. The van der Waals surface area contributed by atoms with E-state index >= 15 is 0 Å². The molecular weight excluding hydrogens is 257 g/mol. The van der Waals surface area contributed by atoms with Crippen molar-refractivity contribution in [3.05, 3.63) is 0 Å². The zero-order valence-corrected chi connectivity index (χ0v) is 11.1. The van der Waals surface area contributed by atoms with Gasteiger partial charge in [0.05, 0.1) is 12.6 Å². The standard InChI is InChI=1S/C13H23F3N2O/c14-13(15,16)9-18-7-5-11(6-8-18)17-10-1-3-12(19)4-2-10/h10-12,17,19H,1-9H2. The molecule has 0 radical (unpaired) electrons. The molecule has 1 saturated carbocycles. The van der Waals surface area contributed by atoms with E-state index < -0.39 is 12.7 Å². The number of aliphatic hydroxyl groups is 1. The quantitative estimate of drug-likeness (QED) is 0.829. The molecule has 1 aliphatic carbocycles. The van der Waals surface area contributed by atoms with Crippen LogP contribution in [0.5, 0.6) is 0 Å². The van der Waals surface area contributed by atoms with Crippen LogP contribution in [0.1, 0.15) is 38.5 Å². The van der Waals surface area contributed by atoms with Crippen LogP contribution < -0.4 is 5.32 Å². The normalized spacial score (nSPS) is 31.6. The number of likely N-dealkylation sites (tertiary alicyclic amines) is 1. The molecule has 3 nitrogen and oxygen atoms in total. The van der Waals surface area contributed by atoms with Gasteiger partial charge in [-0.05, 0) is 51.6 Å². The first kappa shape index (κ1) is 15.1. The van der Waals surface area contributed by atoms with Gasteiger partial charge in [-0.3, -0.25) is 4.90 Å². The minimum atomic E-state index is -4.08. The average molecular weight is 280 g/mol. The topological polar surface area (TPSA) is 35.5 Å². The first-order valence-electron chi connectivity index (χ1n) is 7.15. The number of hydrogen-bond donors (Lipinski definition) is 2. The van der Waals surface area contributed by atoms with Crippen LogP contribution in [0.2, 0.25) is 0 Å². The molecule has 19 heavy (non-hydrogen) atoms. The third-order valence-electron chi connectivity index (χ3n) is 4.16. The molecule has 0 aromatic heterocycles. The van der Waals surface area contributed by atoms with E-state index in [0.717, 1.165) is 38.5 Å². The van der Waals surface area contributed by atoms with E-state index in [-0.39, 0.29) is 6.10 Å². The summed E-state index contributed by atoms with van der Waals surface area (Å²) >= 11 is 0. The zero-order valence-electron chi connectivity index (χ0n) is 11.1. The molecule has 1 heterocycles. The van der Waals surface area contributed by atoms with Gasteiger partial charge in [-0.2, -0.15) is 13.2 Å². The Bertz CT molecular complexity index is 270. The molecule has 6 heteroatoms.